The molecule has 3 amide bonds. The van der Waals surface area contributed by atoms with Crippen LogP contribution in [0.25, 0.3) is 0 Å². The van der Waals surface area contributed by atoms with Crippen molar-refractivity contribution in [3.05, 3.63) is 35.9 Å². The highest BCUT2D eigenvalue weighted by Crippen LogP contribution is 2.06. The van der Waals surface area contributed by atoms with Crippen LogP contribution in [-0.2, 0) is 30.4 Å². The summed E-state index contributed by atoms with van der Waals surface area (Å²) in [6.07, 6.45) is -0.480. The van der Waals surface area contributed by atoms with Crippen LogP contribution < -0.4 is 16.0 Å². The minimum absolute atomic E-state index is 0.0586. The molecule has 3 atom stereocenters. The molecule has 0 bridgehead atoms. The maximum Gasteiger partial charge on any atom is 0.327 e. The molecule has 0 saturated carbocycles. The molecule has 0 aliphatic heterocycles. The maximum absolute atomic E-state index is 12.7. The Bertz CT molecular complexity index is 773. The third-order valence-corrected chi connectivity index (χ3v) is 4.42. The molecule has 10 nitrogen and oxygen atoms in total. The lowest BCUT2D eigenvalue weighted by molar-refractivity contribution is -0.141. The van der Waals surface area contributed by atoms with Crippen molar-refractivity contribution in [3.63, 3.8) is 0 Å². The number of carboxylic acids is 2. The van der Waals surface area contributed by atoms with Crippen LogP contribution in [0, 0.1) is 0 Å². The summed E-state index contributed by atoms with van der Waals surface area (Å²) in [5.74, 6) is -4.60. The molecular formula is C19H25N3O7S. The topological polar surface area (TPSA) is 162 Å². The Balaban J connectivity index is 3.02. The van der Waals surface area contributed by atoms with Gasteiger partial charge in [-0.05, 0) is 12.0 Å². The molecule has 0 fully saturated rings. The molecule has 0 spiro atoms. The molecule has 11 heteroatoms. The Morgan fingerprint density at radius 1 is 0.900 bits per heavy atom. The van der Waals surface area contributed by atoms with Gasteiger partial charge >= 0.3 is 11.9 Å². The molecule has 1 aromatic carbocycles. The number of nitrogens with one attached hydrogen (secondary N) is 3. The quantitative estimate of drug-likeness (QED) is 0.241. The summed E-state index contributed by atoms with van der Waals surface area (Å²) < 4.78 is 0. The Morgan fingerprint density at radius 3 is 1.97 bits per heavy atom. The zero-order chi connectivity index (χ0) is 22.7. The van der Waals surface area contributed by atoms with Gasteiger partial charge in [-0.25, -0.2) is 4.79 Å². The summed E-state index contributed by atoms with van der Waals surface area (Å²) in [6.45, 7) is 1.18. The lowest BCUT2D eigenvalue weighted by Gasteiger charge is -2.24. The molecule has 164 valence electrons. The molecule has 5 N–H and O–H groups in total. The fourth-order valence-corrected chi connectivity index (χ4v) is 2.82. The van der Waals surface area contributed by atoms with Crippen LogP contribution in [-0.4, -0.2) is 63.8 Å². The zero-order valence-corrected chi connectivity index (χ0v) is 17.2. The van der Waals surface area contributed by atoms with Crippen molar-refractivity contribution < 1.29 is 34.2 Å². The van der Waals surface area contributed by atoms with E-state index in [1.165, 1.54) is 6.92 Å². The molecule has 30 heavy (non-hydrogen) atoms. The second-order valence-corrected chi connectivity index (χ2v) is 6.88. The molecular weight excluding hydrogens is 414 g/mol. The number of aliphatic carboxylic acids is 2. The van der Waals surface area contributed by atoms with Crippen LogP contribution in [0.5, 0.6) is 0 Å². The highest BCUT2D eigenvalue weighted by Gasteiger charge is 2.29. The van der Waals surface area contributed by atoms with Crippen molar-refractivity contribution in [1.82, 2.24) is 16.0 Å². The van der Waals surface area contributed by atoms with E-state index in [1.807, 2.05) is 0 Å². The average Bonchev–Trinajstić information content (AvgIpc) is 2.68. The van der Waals surface area contributed by atoms with Crippen molar-refractivity contribution in [2.75, 3.05) is 5.75 Å². The minimum Gasteiger partial charge on any atom is -0.481 e. The smallest absolute Gasteiger partial charge is 0.327 e. The largest absolute Gasteiger partial charge is 0.481 e. The van der Waals surface area contributed by atoms with E-state index in [0.717, 1.165) is 0 Å². The van der Waals surface area contributed by atoms with Crippen molar-refractivity contribution in [3.8, 4) is 0 Å². The standard InChI is InChI=1S/C19H25N3O7S/c1-11(23)20-13(7-8-16(24)25)17(26)21-14(9-12-5-3-2-4-6-12)18(27)22-15(10-30)19(28)29/h2-6,13-15,30H,7-10H2,1H3,(H,20,23)(H,21,26)(H,22,27)(H,24,25)(H,28,29)/t13-,14-,15-/m0/s1. The van der Waals surface area contributed by atoms with Gasteiger partial charge in [-0.15, -0.1) is 0 Å². The van der Waals surface area contributed by atoms with E-state index in [0.29, 0.717) is 5.56 Å². The summed E-state index contributed by atoms with van der Waals surface area (Å²) in [7, 11) is 0. The molecule has 0 aromatic heterocycles. The molecule has 0 aliphatic rings. The molecule has 0 aliphatic carbocycles. The number of amides is 3. The summed E-state index contributed by atoms with van der Waals surface area (Å²) in [6, 6.07) is 5.16. The average molecular weight is 439 g/mol. The maximum atomic E-state index is 12.7. The van der Waals surface area contributed by atoms with Gasteiger partial charge in [-0.2, -0.15) is 12.6 Å². The summed E-state index contributed by atoms with van der Waals surface area (Å²) >= 11 is 3.90. The Labute approximate surface area is 178 Å². The second-order valence-electron chi connectivity index (χ2n) is 6.52. The monoisotopic (exact) mass is 439 g/mol. The van der Waals surface area contributed by atoms with Crippen LogP contribution in [0.3, 0.4) is 0 Å². The van der Waals surface area contributed by atoms with Gasteiger partial charge in [-0.3, -0.25) is 19.2 Å². The van der Waals surface area contributed by atoms with Gasteiger partial charge in [-0.1, -0.05) is 30.3 Å². The van der Waals surface area contributed by atoms with Crippen LogP contribution in [0.2, 0.25) is 0 Å². The number of hydrogen-bond donors (Lipinski definition) is 6. The van der Waals surface area contributed by atoms with Gasteiger partial charge in [0.25, 0.3) is 0 Å². The molecule has 1 rings (SSSR count). The van der Waals surface area contributed by atoms with Gasteiger partial charge in [0.05, 0.1) is 0 Å². The first kappa shape index (κ1) is 25.0. The van der Waals surface area contributed by atoms with Crippen molar-refractivity contribution in [2.45, 2.75) is 44.3 Å². The van der Waals surface area contributed by atoms with E-state index in [4.69, 9.17) is 10.2 Å². The number of thiol groups is 1. The summed E-state index contributed by atoms with van der Waals surface area (Å²) in [5, 5.41) is 25.1. The lowest BCUT2D eigenvalue weighted by Crippen LogP contribution is -2.56. The van der Waals surface area contributed by atoms with Gasteiger partial charge in [0.15, 0.2) is 0 Å². The van der Waals surface area contributed by atoms with Gasteiger partial charge in [0.1, 0.15) is 18.1 Å². The normalized spacial score (nSPS) is 13.4. The van der Waals surface area contributed by atoms with Gasteiger partial charge in [0.2, 0.25) is 17.7 Å². The van der Waals surface area contributed by atoms with E-state index in [9.17, 15) is 24.0 Å². The first-order valence-electron chi connectivity index (χ1n) is 9.11. The third kappa shape index (κ3) is 8.95. The molecule has 0 heterocycles. The van der Waals surface area contributed by atoms with Crippen LogP contribution in [0.1, 0.15) is 25.3 Å². The van der Waals surface area contributed by atoms with Gasteiger partial charge in [0, 0.05) is 25.5 Å². The van der Waals surface area contributed by atoms with E-state index in [-0.39, 0.29) is 25.0 Å². The lowest BCUT2D eigenvalue weighted by atomic mass is 10.0. The Kier molecular flexibility index (Phi) is 10.4. The van der Waals surface area contributed by atoms with Crippen LogP contribution in [0.15, 0.2) is 30.3 Å². The van der Waals surface area contributed by atoms with E-state index < -0.39 is 47.8 Å². The zero-order valence-electron chi connectivity index (χ0n) is 16.3. The third-order valence-electron chi connectivity index (χ3n) is 4.05. The molecule has 0 unspecified atom stereocenters. The summed E-state index contributed by atoms with van der Waals surface area (Å²) in [4.78, 5) is 58.7. The second kappa shape index (κ2) is 12.5. The molecule has 0 saturated heterocycles. The Morgan fingerprint density at radius 2 is 1.47 bits per heavy atom. The fraction of sp³-hybridized carbons (Fsp3) is 0.421. The highest BCUT2D eigenvalue weighted by atomic mass is 32.1. The summed E-state index contributed by atoms with van der Waals surface area (Å²) in [5.41, 5.74) is 0.706. The van der Waals surface area contributed by atoms with Gasteiger partial charge < -0.3 is 26.2 Å². The Hall–Kier alpha value is -3.08. The first-order valence-corrected chi connectivity index (χ1v) is 9.74. The first-order chi connectivity index (χ1) is 14.1. The van der Waals surface area contributed by atoms with Crippen molar-refractivity contribution >= 4 is 42.3 Å². The predicted molar refractivity (Wildman–Crippen MR) is 110 cm³/mol. The highest BCUT2D eigenvalue weighted by molar-refractivity contribution is 7.80. The number of carbonyl (C=O) groups is 5. The minimum atomic E-state index is -1.28. The SMILES string of the molecule is CC(=O)N[C@@H](CCC(=O)O)C(=O)N[C@@H](Cc1ccccc1)C(=O)N[C@@H](CS)C(=O)O. The molecule has 0 radical (unpaired) electrons. The fourth-order valence-electron chi connectivity index (χ4n) is 2.57. The van der Waals surface area contributed by atoms with Crippen LogP contribution in [0.4, 0.5) is 0 Å². The number of benzene rings is 1. The number of carboxylic acid groups (broad SMARTS) is 2. The van der Waals surface area contributed by atoms with E-state index >= 15 is 0 Å². The number of hydrogen-bond acceptors (Lipinski definition) is 6. The number of rotatable bonds is 12. The molecule has 1 aromatic rings. The number of carbonyl (C=O) groups excluding carboxylic acids is 3. The van der Waals surface area contributed by atoms with E-state index in [2.05, 4.69) is 28.6 Å². The van der Waals surface area contributed by atoms with Crippen molar-refractivity contribution in [1.29, 1.82) is 0 Å². The van der Waals surface area contributed by atoms with E-state index in [1.54, 1.807) is 30.3 Å². The predicted octanol–water partition coefficient (Wildman–Crippen LogP) is -0.417. The van der Waals surface area contributed by atoms with Crippen molar-refractivity contribution in [2.24, 2.45) is 0 Å². The van der Waals surface area contributed by atoms with Crippen LogP contribution >= 0.6 is 12.6 Å².